The second-order valence-corrected chi connectivity index (χ2v) is 6.64. The number of ether oxygens (including phenoxy) is 1. The molecule has 4 aromatic rings. The molecule has 0 aliphatic carbocycles. The molecule has 0 aliphatic heterocycles. The predicted molar refractivity (Wildman–Crippen MR) is 106 cm³/mol. The van der Waals surface area contributed by atoms with Gasteiger partial charge in [-0.3, -0.25) is 0 Å². The minimum absolute atomic E-state index is 0.371. The Morgan fingerprint density at radius 2 is 1.74 bits per heavy atom. The zero-order chi connectivity index (χ0) is 18.6. The molecule has 0 bridgehead atoms. The fourth-order valence-corrected chi connectivity index (χ4v) is 2.86. The summed E-state index contributed by atoms with van der Waals surface area (Å²) in [6.45, 7) is 2.47. The van der Waals surface area contributed by atoms with E-state index in [4.69, 9.17) is 20.9 Å². The van der Waals surface area contributed by atoms with Gasteiger partial charge < -0.3 is 9.26 Å². The second-order valence-electron chi connectivity index (χ2n) is 6.20. The maximum Gasteiger partial charge on any atom is 0.262 e. The van der Waals surface area contributed by atoms with Crippen molar-refractivity contribution in [1.82, 2.24) is 10.1 Å². The average molecular weight is 377 g/mol. The van der Waals surface area contributed by atoms with Crippen molar-refractivity contribution < 1.29 is 9.26 Å². The molecule has 1 aromatic heterocycles. The largest absolute Gasteiger partial charge is 0.488 e. The average Bonchev–Trinajstić information content (AvgIpc) is 3.18. The molecule has 0 saturated heterocycles. The van der Waals surface area contributed by atoms with E-state index in [1.807, 2.05) is 67.6 Å². The maximum absolute atomic E-state index is 6.18. The topological polar surface area (TPSA) is 48.2 Å². The van der Waals surface area contributed by atoms with Gasteiger partial charge in [-0.25, -0.2) is 0 Å². The van der Waals surface area contributed by atoms with E-state index in [1.54, 1.807) is 12.1 Å². The van der Waals surface area contributed by atoms with Crippen molar-refractivity contribution in [2.75, 3.05) is 0 Å². The Bertz CT molecular complexity index is 1040. The minimum Gasteiger partial charge on any atom is -0.488 e. The van der Waals surface area contributed by atoms with Crippen LogP contribution in [0.2, 0.25) is 5.02 Å². The van der Waals surface area contributed by atoms with Crippen LogP contribution in [0.5, 0.6) is 5.75 Å². The monoisotopic (exact) mass is 376 g/mol. The summed E-state index contributed by atoms with van der Waals surface area (Å²) >= 11 is 6.18. The highest BCUT2D eigenvalue weighted by Crippen LogP contribution is 2.33. The standard InChI is InChI=1S/C22H17ClN2O2/c1-15-7-9-17(10-8-15)21-24-22(27-25-21)19-13-18(23)11-12-20(19)26-14-16-5-3-2-4-6-16/h2-13H,14H2,1H3. The van der Waals surface area contributed by atoms with Crippen molar-refractivity contribution in [2.45, 2.75) is 13.5 Å². The van der Waals surface area contributed by atoms with Gasteiger partial charge in [0.05, 0.1) is 5.56 Å². The molecule has 0 N–H and O–H groups in total. The van der Waals surface area contributed by atoms with Gasteiger partial charge in [0.25, 0.3) is 5.89 Å². The Labute approximate surface area is 162 Å². The quantitative estimate of drug-likeness (QED) is 0.432. The Balaban J connectivity index is 1.63. The zero-order valence-corrected chi connectivity index (χ0v) is 15.5. The lowest BCUT2D eigenvalue weighted by molar-refractivity contribution is 0.306. The maximum atomic E-state index is 6.18. The molecule has 5 heteroatoms. The molecule has 27 heavy (non-hydrogen) atoms. The van der Waals surface area contributed by atoms with E-state index in [2.05, 4.69) is 10.1 Å². The molecule has 0 amide bonds. The Morgan fingerprint density at radius 1 is 0.963 bits per heavy atom. The van der Waals surface area contributed by atoms with Crippen LogP contribution in [0.1, 0.15) is 11.1 Å². The van der Waals surface area contributed by atoms with Crippen LogP contribution in [0, 0.1) is 6.92 Å². The van der Waals surface area contributed by atoms with Gasteiger partial charge in [-0.05, 0) is 30.7 Å². The molecule has 0 unspecified atom stereocenters. The number of benzene rings is 3. The molecular weight excluding hydrogens is 360 g/mol. The smallest absolute Gasteiger partial charge is 0.262 e. The molecule has 0 saturated carbocycles. The SMILES string of the molecule is Cc1ccc(-c2noc(-c3cc(Cl)ccc3OCc3ccccc3)n2)cc1. The first kappa shape index (κ1) is 17.3. The van der Waals surface area contributed by atoms with Crippen molar-refractivity contribution in [3.05, 3.63) is 88.9 Å². The number of nitrogens with zero attached hydrogens (tertiary/aromatic N) is 2. The molecule has 4 nitrogen and oxygen atoms in total. The molecule has 1 heterocycles. The molecule has 0 fully saturated rings. The second kappa shape index (κ2) is 7.64. The Hall–Kier alpha value is -3.11. The van der Waals surface area contributed by atoms with E-state index >= 15 is 0 Å². The van der Waals surface area contributed by atoms with E-state index in [0.717, 1.165) is 11.1 Å². The first-order valence-corrected chi connectivity index (χ1v) is 8.94. The summed E-state index contributed by atoms with van der Waals surface area (Å²) in [4.78, 5) is 4.52. The van der Waals surface area contributed by atoms with Crippen molar-refractivity contribution in [1.29, 1.82) is 0 Å². The summed E-state index contributed by atoms with van der Waals surface area (Å²) in [6, 6.07) is 23.3. The van der Waals surface area contributed by atoms with E-state index in [0.29, 0.717) is 34.7 Å². The summed E-state index contributed by atoms with van der Waals surface area (Å²) in [5.74, 6) is 1.54. The van der Waals surface area contributed by atoms with Crippen molar-refractivity contribution in [3.63, 3.8) is 0 Å². The molecule has 0 aliphatic rings. The third kappa shape index (κ3) is 4.01. The van der Waals surface area contributed by atoms with Gasteiger partial charge in [-0.15, -0.1) is 0 Å². The summed E-state index contributed by atoms with van der Waals surface area (Å²) in [6.07, 6.45) is 0. The lowest BCUT2D eigenvalue weighted by Crippen LogP contribution is -1.97. The van der Waals surface area contributed by atoms with Crippen molar-refractivity contribution >= 4 is 11.6 Å². The summed E-state index contributed by atoms with van der Waals surface area (Å²) in [7, 11) is 0. The summed E-state index contributed by atoms with van der Waals surface area (Å²) < 4.78 is 11.5. The number of aryl methyl sites for hydroxylation is 1. The van der Waals surface area contributed by atoms with Gasteiger partial charge in [-0.2, -0.15) is 4.98 Å². The highest BCUT2D eigenvalue weighted by Gasteiger charge is 2.16. The Kier molecular flexibility index (Phi) is 4.90. The van der Waals surface area contributed by atoms with Crippen molar-refractivity contribution in [3.8, 4) is 28.6 Å². The van der Waals surface area contributed by atoms with Gasteiger partial charge in [0.2, 0.25) is 5.82 Å². The fraction of sp³-hybridized carbons (Fsp3) is 0.0909. The van der Waals surface area contributed by atoms with Crippen LogP contribution in [-0.2, 0) is 6.61 Å². The first-order valence-electron chi connectivity index (χ1n) is 8.56. The lowest BCUT2D eigenvalue weighted by Gasteiger charge is -2.09. The zero-order valence-electron chi connectivity index (χ0n) is 14.7. The van der Waals surface area contributed by atoms with Gasteiger partial charge in [0, 0.05) is 10.6 Å². The van der Waals surface area contributed by atoms with Gasteiger partial charge in [-0.1, -0.05) is 76.9 Å². The van der Waals surface area contributed by atoms with Crippen LogP contribution in [0.15, 0.2) is 77.3 Å². The van der Waals surface area contributed by atoms with E-state index in [9.17, 15) is 0 Å². The molecule has 0 radical (unpaired) electrons. The van der Waals surface area contributed by atoms with E-state index in [-0.39, 0.29) is 0 Å². The van der Waals surface area contributed by atoms with Gasteiger partial charge in [0.15, 0.2) is 0 Å². The molecule has 0 spiro atoms. The van der Waals surface area contributed by atoms with Gasteiger partial charge in [0.1, 0.15) is 12.4 Å². The van der Waals surface area contributed by atoms with Crippen LogP contribution in [0.3, 0.4) is 0 Å². The lowest BCUT2D eigenvalue weighted by atomic mass is 10.1. The number of aromatic nitrogens is 2. The number of halogens is 1. The molecular formula is C22H17ClN2O2. The summed E-state index contributed by atoms with van der Waals surface area (Å²) in [5, 5.41) is 4.67. The Morgan fingerprint density at radius 3 is 2.52 bits per heavy atom. The van der Waals surface area contributed by atoms with Crippen LogP contribution in [0.25, 0.3) is 22.8 Å². The van der Waals surface area contributed by atoms with E-state index < -0.39 is 0 Å². The molecule has 0 atom stereocenters. The van der Waals surface area contributed by atoms with E-state index in [1.165, 1.54) is 5.56 Å². The third-order valence-corrected chi connectivity index (χ3v) is 4.38. The number of hydrogen-bond donors (Lipinski definition) is 0. The molecule has 3 aromatic carbocycles. The number of hydrogen-bond acceptors (Lipinski definition) is 4. The van der Waals surface area contributed by atoms with Crippen molar-refractivity contribution in [2.24, 2.45) is 0 Å². The minimum atomic E-state index is 0.371. The molecule has 4 rings (SSSR count). The predicted octanol–water partition coefficient (Wildman–Crippen LogP) is 5.94. The summed E-state index contributed by atoms with van der Waals surface area (Å²) in [5.41, 5.74) is 3.81. The van der Waals surface area contributed by atoms with Crippen LogP contribution < -0.4 is 4.74 Å². The highest BCUT2D eigenvalue weighted by molar-refractivity contribution is 6.30. The third-order valence-electron chi connectivity index (χ3n) is 4.14. The fourth-order valence-electron chi connectivity index (χ4n) is 2.68. The van der Waals surface area contributed by atoms with Gasteiger partial charge >= 0.3 is 0 Å². The van der Waals surface area contributed by atoms with Crippen LogP contribution >= 0.6 is 11.6 Å². The van der Waals surface area contributed by atoms with Crippen LogP contribution in [-0.4, -0.2) is 10.1 Å². The highest BCUT2D eigenvalue weighted by atomic mass is 35.5. The molecule has 134 valence electrons. The van der Waals surface area contributed by atoms with Crippen LogP contribution in [0.4, 0.5) is 0 Å². The first-order chi connectivity index (χ1) is 13.2. The number of rotatable bonds is 5. The normalized spacial score (nSPS) is 10.7.